The van der Waals surface area contributed by atoms with Crippen molar-refractivity contribution >= 4 is 33.2 Å². The summed E-state index contributed by atoms with van der Waals surface area (Å²) in [6, 6.07) is 7.56. The smallest absolute Gasteiger partial charge is 0.255 e. The molecule has 30 heavy (non-hydrogen) atoms. The van der Waals surface area contributed by atoms with Crippen LogP contribution in [0, 0.1) is 6.92 Å². The molecule has 1 saturated heterocycles. The number of anilines is 1. The molecular weight excluding hydrogens is 432 g/mol. The number of benzene rings is 2. The first-order chi connectivity index (χ1) is 14.3. The summed E-state index contributed by atoms with van der Waals surface area (Å²) in [7, 11) is -0.816. The summed E-state index contributed by atoms with van der Waals surface area (Å²) in [6.45, 7) is 2.92. The van der Waals surface area contributed by atoms with Gasteiger partial charge in [0.2, 0.25) is 10.0 Å². The van der Waals surface area contributed by atoms with Crippen molar-refractivity contribution < 1.29 is 27.4 Å². The summed E-state index contributed by atoms with van der Waals surface area (Å²) < 4.78 is 43.0. The minimum Gasteiger partial charge on any atom is -0.493 e. The van der Waals surface area contributed by atoms with Gasteiger partial charge >= 0.3 is 0 Å². The monoisotopic (exact) mass is 454 g/mol. The van der Waals surface area contributed by atoms with Crippen molar-refractivity contribution in [1.82, 2.24) is 4.31 Å². The average molecular weight is 455 g/mol. The van der Waals surface area contributed by atoms with E-state index in [4.69, 9.17) is 25.8 Å². The van der Waals surface area contributed by atoms with Gasteiger partial charge in [0.05, 0.1) is 32.5 Å². The van der Waals surface area contributed by atoms with Crippen molar-refractivity contribution in [2.24, 2.45) is 0 Å². The van der Waals surface area contributed by atoms with Gasteiger partial charge in [-0.25, -0.2) is 8.42 Å². The van der Waals surface area contributed by atoms with Crippen LogP contribution >= 0.6 is 11.6 Å². The molecule has 0 aliphatic carbocycles. The second kappa shape index (κ2) is 9.22. The number of hydrogen-bond donors (Lipinski definition) is 1. The third-order valence-corrected chi connectivity index (χ3v) is 7.14. The number of carbonyl (C=O) groups is 1. The number of aryl methyl sites for hydroxylation is 1. The van der Waals surface area contributed by atoms with Crippen molar-refractivity contribution in [3.8, 4) is 11.5 Å². The molecule has 0 saturated carbocycles. The number of ether oxygens (including phenoxy) is 3. The van der Waals surface area contributed by atoms with E-state index in [-0.39, 0.29) is 28.6 Å². The van der Waals surface area contributed by atoms with Gasteiger partial charge in [-0.2, -0.15) is 4.31 Å². The van der Waals surface area contributed by atoms with E-state index in [1.54, 1.807) is 12.1 Å². The highest BCUT2D eigenvalue weighted by Crippen LogP contribution is 2.33. The number of rotatable bonds is 6. The topological polar surface area (TPSA) is 94.2 Å². The molecule has 0 bridgehead atoms. The van der Waals surface area contributed by atoms with Gasteiger partial charge in [-0.1, -0.05) is 11.6 Å². The van der Waals surface area contributed by atoms with E-state index in [0.29, 0.717) is 30.4 Å². The number of carbonyl (C=O) groups excluding carboxylic acids is 1. The predicted molar refractivity (Wildman–Crippen MR) is 113 cm³/mol. The van der Waals surface area contributed by atoms with Crippen molar-refractivity contribution in [3.05, 3.63) is 46.5 Å². The fraction of sp³-hybridized carbons (Fsp3) is 0.350. The number of methoxy groups -OCH3 is 2. The SMILES string of the molecule is COc1cc(C)c(NC(=O)c2ccc(Cl)c(S(=O)(=O)N3CCOCC3)c2)cc1OC. The maximum absolute atomic E-state index is 13.0. The van der Waals surface area contributed by atoms with E-state index in [0.717, 1.165) is 5.56 Å². The molecule has 0 spiro atoms. The molecule has 10 heteroatoms. The van der Waals surface area contributed by atoms with Gasteiger partial charge in [0.15, 0.2) is 11.5 Å². The maximum Gasteiger partial charge on any atom is 0.255 e. The Kier molecular flexibility index (Phi) is 6.87. The Labute approximate surface area is 180 Å². The maximum atomic E-state index is 13.0. The van der Waals surface area contributed by atoms with Crippen LogP contribution in [0.3, 0.4) is 0 Å². The highest BCUT2D eigenvalue weighted by atomic mass is 35.5. The zero-order valence-corrected chi connectivity index (χ0v) is 18.5. The number of sulfonamides is 1. The summed E-state index contributed by atoms with van der Waals surface area (Å²) in [5.74, 6) is 0.531. The summed E-state index contributed by atoms with van der Waals surface area (Å²) in [6.07, 6.45) is 0. The van der Waals surface area contributed by atoms with Gasteiger partial charge < -0.3 is 19.5 Å². The van der Waals surface area contributed by atoms with Gasteiger partial charge in [0, 0.05) is 30.4 Å². The minimum absolute atomic E-state index is 0.0559. The first-order valence-electron chi connectivity index (χ1n) is 9.19. The zero-order valence-electron chi connectivity index (χ0n) is 16.9. The van der Waals surface area contributed by atoms with Crippen LogP contribution in [0.4, 0.5) is 5.69 Å². The Balaban J connectivity index is 1.90. The Morgan fingerprint density at radius 2 is 1.73 bits per heavy atom. The van der Waals surface area contributed by atoms with E-state index < -0.39 is 15.9 Å². The highest BCUT2D eigenvalue weighted by molar-refractivity contribution is 7.89. The first-order valence-corrected chi connectivity index (χ1v) is 11.0. The van der Waals surface area contributed by atoms with Gasteiger partial charge in [0.1, 0.15) is 4.90 Å². The Morgan fingerprint density at radius 3 is 2.37 bits per heavy atom. The molecule has 0 aromatic heterocycles. The molecule has 1 fully saturated rings. The van der Waals surface area contributed by atoms with Crippen LogP contribution in [0.25, 0.3) is 0 Å². The van der Waals surface area contributed by atoms with Gasteiger partial charge in [0.25, 0.3) is 5.91 Å². The lowest BCUT2D eigenvalue weighted by atomic mass is 10.1. The Hall–Kier alpha value is -2.33. The molecule has 1 aliphatic rings. The third-order valence-electron chi connectivity index (χ3n) is 4.76. The van der Waals surface area contributed by atoms with Crippen molar-refractivity contribution in [2.45, 2.75) is 11.8 Å². The molecule has 1 N–H and O–H groups in total. The molecule has 1 amide bonds. The molecule has 0 unspecified atom stereocenters. The molecule has 2 aromatic carbocycles. The molecule has 0 radical (unpaired) electrons. The fourth-order valence-electron chi connectivity index (χ4n) is 3.08. The Bertz CT molecular complexity index is 1050. The Morgan fingerprint density at radius 1 is 1.10 bits per heavy atom. The van der Waals surface area contributed by atoms with Crippen molar-refractivity contribution in [3.63, 3.8) is 0 Å². The lowest BCUT2D eigenvalue weighted by molar-refractivity contribution is 0.0730. The standard InChI is InChI=1S/C20H23ClN2O6S/c1-13-10-17(27-2)18(28-3)12-16(13)22-20(24)14-4-5-15(21)19(11-14)30(25,26)23-6-8-29-9-7-23/h4-5,10-12H,6-9H2,1-3H3,(H,22,24). The molecule has 1 heterocycles. The van der Waals surface area contributed by atoms with Crippen LogP contribution in [0.15, 0.2) is 35.2 Å². The second-order valence-corrected chi connectivity index (χ2v) is 8.95. The molecular formula is C20H23ClN2O6S. The molecule has 2 aromatic rings. The first kappa shape index (κ1) is 22.4. The molecule has 8 nitrogen and oxygen atoms in total. The normalized spacial score (nSPS) is 14.9. The van der Waals surface area contributed by atoms with E-state index in [1.165, 1.54) is 36.7 Å². The molecule has 1 aliphatic heterocycles. The number of nitrogens with one attached hydrogen (secondary N) is 1. The average Bonchev–Trinajstić information content (AvgIpc) is 2.75. The number of morpholine rings is 1. The van der Waals surface area contributed by atoms with E-state index in [9.17, 15) is 13.2 Å². The molecule has 0 atom stereocenters. The zero-order chi connectivity index (χ0) is 21.9. The lowest BCUT2D eigenvalue weighted by Gasteiger charge is -2.26. The fourth-order valence-corrected chi connectivity index (χ4v) is 4.99. The summed E-state index contributed by atoms with van der Waals surface area (Å²) >= 11 is 6.16. The number of nitrogens with zero attached hydrogens (tertiary/aromatic N) is 1. The van der Waals surface area contributed by atoms with Crippen LogP contribution in [-0.2, 0) is 14.8 Å². The predicted octanol–water partition coefficient (Wildman–Crippen LogP) is 2.94. The number of amides is 1. The van der Waals surface area contributed by atoms with Crippen molar-refractivity contribution in [1.29, 1.82) is 0 Å². The lowest BCUT2D eigenvalue weighted by Crippen LogP contribution is -2.40. The summed E-state index contributed by atoms with van der Waals surface area (Å²) in [4.78, 5) is 12.7. The number of hydrogen-bond acceptors (Lipinski definition) is 6. The van der Waals surface area contributed by atoms with Gasteiger partial charge in [-0.05, 0) is 36.8 Å². The van der Waals surface area contributed by atoms with E-state index in [2.05, 4.69) is 5.32 Å². The third kappa shape index (κ3) is 4.54. The summed E-state index contributed by atoms with van der Waals surface area (Å²) in [5.41, 5.74) is 1.45. The quantitative estimate of drug-likeness (QED) is 0.721. The van der Waals surface area contributed by atoms with Crippen LogP contribution in [0.2, 0.25) is 5.02 Å². The molecule has 162 valence electrons. The molecule has 3 rings (SSSR count). The number of halogens is 1. The van der Waals surface area contributed by atoms with Crippen molar-refractivity contribution in [2.75, 3.05) is 45.8 Å². The second-order valence-electron chi connectivity index (χ2n) is 6.64. The van der Waals surface area contributed by atoms with Crippen LogP contribution in [-0.4, -0.2) is 59.2 Å². The van der Waals surface area contributed by atoms with Crippen LogP contribution in [0.1, 0.15) is 15.9 Å². The largest absolute Gasteiger partial charge is 0.493 e. The van der Waals surface area contributed by atoms with Gasteiger partial charge in [-0.15, -0.1) is 0 Å². The van der Waals surface area contributed by atoms with E-state index >= 15 is 0 Å². The highest BCUT2D eigenvalue weighted by Gasteiger charge is 2.29. The van der Waals surface area contributed by atoms with Crippen LogP contribution < -0.4 is 14.8 Å². The van der Waals surface area contributed by atoms with E-state index in [1.807, 2.05) is 6.92 Å². The van der Waals surface area contributed by atoms with Crippen LogP contribution in [0.5, 0.6) is 11.5 Å². The summed E-state index contributed by atoms with van der Waals surface area (Å²) in [5, 5.41) is 2.84. The minimum atomic E-state index is -3.84. The van der Waals surface area contributed by atoms with Gasteiger partial charge in [-0.3, -0.25) is 4.79 Å².